The Morgan fingerprint density at radius 1 is 1.12 bits per heavy atom. The van der Waals surface area contributed by atoms with Gasteiger partial charge >= 0.3 is 5.97 Å². The molecule has 9 atom stereocenters. The minimum Gasteiger partial charge on any atom is -0.458 e. The molecule has 1 aliphatic heterocycles. The summed E-state index contributed by atoms with van der Waals surface area (Å²) in [7, 11) is 3.85. The SMILES string of the molecule is CC(C)[C@@H](C(=O)OC12CC3C[C@H](C1)CC([C@H](N)C(=O)N1C4CC4C[C@H]1C#N)(C3)C2)N(C)C. The summed E-state index contributed by atoms with van der Waals surface area (Å²) in [6.45, 7) is 4.10. The number of hydrogen-bond donors (Lipinski definition) is 1. The van der Waals surface area contributed by atoms with Crippen molar-refractivity contribution in [2.75, 3.05) is 14.1 Å². The van der Waals surface area contributed by atoms with Crippen LogP contribution in [0.1, 0.15) is 65.2 Å². The van der Waals surface area contributed by atoms with Gasteiger partial charge in [0.2, 0.25) is 5.91 Å². The number of amides is 1. The normalized spacial score (nSPS) is 43.2. The lowest BCUT2D eigenvalue weighted by Gasteiger charge is -2.62. The number of carbonyl (C=O) groups excluding carboxylic acids is 2. The van der Waals surface area contributed by atoms with Crippen LogP contribution in [0.4, 0.5) is 0 Å². The molecule has 5 aliphatic carbocycles. The average molecular weight is 443 g/mol. The van der Waals surface area contributed by atoms with Gasteiger partial charge in [-0.2, -0.15) is 5.26 Å². The molecule has 1 heterocycles. The third-order valence-electron chi connectivity index (χ3n) is 9.23. The number of nitriles is 1. The van der Waals surface area contributed by atoms with Gasteiger partial charge in [0.25, 0.3) is 0 Å². The highest BCUT2D eigenvalue weighted by Gasteiger charge is 2.64. The molecular formula is C25H38N4O3. The number of nitrogens with zero attached hydrogens (tertiary/aromatic N) is 3. The number of esters is 1. The molecule has 7 heteroatoms. The molecule has 7 nitrogen and oxygen atoms in total. The van der Waals surface area contributed by atoms with E-state index in [1.807, 2.05) is 23.9 Å². The Kier molecular flexibility index (Phi) is 5.14. The predicted molar refractivity (Wildman–Crippen MR) is 119 cm³/mol. The molecule has 32 heavy (non-hydrogen) atoms. The van der Waals surface area contributed by atoms with Crippen LogP contribution in [0.15, 0.2) is 0 Å². The number of likely N-dealkylation sites (tertiary alicyclic amines) is 1. The van der Waals surface area contributed by atoms with Crippen molar-refractivity contribution < 1.29 is 14.3 Å². The number of fused-ring (bicyclic) bond motifs is 1. The zero-order chi connectivity index (χ0) is 23.0. The summed E-state index contributed by atoms with van der Waals surface area (Å²) in [4.78, 5) is 30.6. The Bertz CT molecular complexity index is 827. The van der Waals surface area contributed by atoms with Crippen LogP contribution in [-0.2, 0) is 14.3 Å². The van der Waals surface area contributed by atoms with Gasteiger partial charge in [0.15, 0.2) is 0 Å². The van der Waals surface area contributed by atoms with Gasteiger partial charge in [-0.15, -0.1) is 0 Å². The second kappa shape index (κ2) is 7.43. The van der Waals surface area contributed by atoms with Gasteiger partial charge < -0.3 is 15.4 Å². The van der Waals surface area contributed by atoms with Crippen LogP contribution in [0, 0.1) is 40.4 Å². The molecule has 1 saturated heterocycles. The van der Waals surface area contributed by atoms with Crippen LogP contribution in [0.5, 0.6) is 0 Å². The zero-order valence-corrected chi connectivity index (χ0v) is 19.9. The number of rotatable bonds is 6. The van der Waals surface area contributed by atoms with E-state index in [0.29, 0.717) is 24.2 Å². The summed E-state index contributed by atoms with van der Waals surface area (Å²) in [6, 6.07) is 1.32. The van der Waals surface area contributed by atoms with Gasteiger partial charge in [0, 0.05) is 6.04 Å². The lowest BCUT2D eigenvalue weighted by Crippen LogP contribution is -2.66. The van der Waals surface area contributed by atoms with Gasteiger partial charge in [-0.3, -0.25) is 14.5 Å². The quantitative estimate of drug-likeness (QED) is 0.634. The maximum atomic E-state index is 13.6. The topological polar surface area (TPSA) is 99.7 Å². The van der Waals surface area contributed by atoms with Crippen LogP contribution in [0.3, 0.4) is 0 Å². The third kappa shape index (κ3) is 3.37. The Balaban J connectivity index is 1.38. The van der Waals surface area contributed by atoms with Crippen molar-refractivity contribution in [1.82, 2.24) is 9.80 Å². The largest absolute Gasteiger partial charge is 0.458 e. The molecule has 6 rings (SSSR count). The number of carbonyl (C=O) groups is 2. The molecule has 0 aromatic carbocycles. The second-order valence-electron chi connectivity index (χ2n) is 12.2. The van der Waals surface area contributed by atoms with E-state index >= 15 is 0 Å². The summed E-state index contributed by atoms with van der Waals surface area (Å²) in [6.07, 6.45) is 7.31. The van der Waals surface area contributed by atoms with Gasteiger partial charge in [-0.25, -0.2) is 0 Å². The van der Waals surface area contributed by atoms with E-state index in [1.165, 1.54) is 0 Å². The van der Waals surface area contributed by atoms with Crippen LogP contribution in [0.2, 0.25) is 0 Å². The molecule has 5 unspecified atom stereocenters. The van der Waals surface area contributed by atoms with Crippen LogP contribution < -0.4 is 5.73 Å². The lowest BCUT2D eigenvalue weighted by molar-refractivity contribution is -0.210. The number of nitrogens with two attached hydrogens (primary N) is 1. The molecule has 6 fully saturated rings. The Labute approximate surface area is 191 Å². The molecule has 1 amide bonds. The first-order chi connectivity index (χ1) is 15.1. The fraction of sp³-hybridized carbons (Fsp3) is 0.880. The van der Waals surface area contributed by atoms with Crippen molar-refractivity contribution in [1.29, 1.82) is 5.26 Å². The van der Waals surface area contributed by atoms with E-state index in [9.17, 15) is 14.9 Å². The summed E-state index contributed by atoms with van der Waals surface area (Å²) < 4.78 is 6.37. The minimum absolute atomic E-state index is 0.0432. The Hall–Kier alpha value is -1.65. The predicted octanol–water partition coefficient (Wildman–Crippen LogP) is 2.30. The average Bonchev–Trinajstić information content (AvgIpc) is 3.34. The summed E-state index contributed by atoms with van der Waals surface area (Å²) in [5.41, 5.74) is 5.97. The number of piperidine rings is 1. The molecule has 0 spiro atoms. The van der Waals surface area contributed by atoms with Gasteiger partial charge in [0.05, 0.1) is 12.1 Å². The zero-order valence-electron chi connectivity index (χ0n) is 19.9. The summed E-state index contributed by atoms with van der Waals surface area (Å²) in [5, 5.41) is 9.58. The minimum atomic E-state index is -0.614. The Morgan fingerprint density at radius 3 is 2.34 bits per heavy atom. The first-order valence-corrected chi connectivity index (χ1v) is 12.4. The fourth-order valence-corrected chi connectivity index (χ4v) is 8.40. The lowest BCUT2D eigenvalue weighted by atomic mass is 9.46. The maximum Gasteiger partial charge on any atom is 0.324 e. The molecule has 0 aromatic heterocycles. The number of likely N-dealkylation sites (N-methyl/N-ethyl adjacent to an activating group) is 1. The monoisotopic (exact) mass is 442 g/mol. The van der Waals surface area contributed by atoms with Crippen molar-refractivity contribution in [2.45, 2.75) is 95.0 Å². The molecule has 2 N–H and O–H groups in total. The number of hydrogen-bond acceptors (Lipinski definition) is 6. The van der Waals surface area contributed by atoms with Crippen molar-refractivity contribution in [3.63, 3.8) is 0 Å². The Morgan fingerprint density at radius 2 is 1.78 bits per heavy atom. The van der Waals surface area contributed by atoms with Gasteiger partial charge in [0.1, 0.15) is 17.7 Å². The van der Waals surface area contributed by atoms with Crippen LogP contribution in [-0.4, -0.2) is 65.5 Å². The molecule has 0 radical (unpaired) electrons. The summed E-state index contributed by atoms with van der Waals surface area (Å²) in [5.74, 6) is 1.37. The molecule has 0 aromatic rings. The van der Waals surface area contributed by atoms with E-state index < -0.39 is 11.6 Å². The van der Waals surface area contributed by atoms with Gasteiger partial charge in [-0.05, 0) is 94.5 Å². The molecular weight excluding hydrogens is 404 g/mol. The second-order valence-corrected chi connectivity index (χ2v) is 12.2. The third-order valence-corrected chi connectivity index (χ3v) is 9.23. The van der Waals surface area contributed by atoms with E-state index in [2.05, 4.69) is 19.9 Å². The van der Waals surface area contributed by atoms with Crippen molar-refractivity contribution in [3.8, 4) is 6.07 Å². The van der Waals surface area contributed by atoms with E-state index in [1.54, 1.807) is 0 Å². The molecule has 176 valence electrons. The van der Waals surface area contributed by atoms with Crippen molar-refractivity contribution in [3.05, 3.63) is 0 Å². The highest BCUT2D eigenvalue weighted by Crippen LogP contribution is 2.64. The number of ether oxygens (including phenoxy) is 1. The maximum absolute atomic E-state index is 13.6. The van der Waals surface area contributed by atoms with Crippen molar-refractivity contribution >= 4 is 11.9 Å². The van der Waals surface area contributed by atoms with E-state index in [-0.39, 0.29) is 41.3 Å². The first-order valence-electron chi connectivity index (χ1n) is 12.4. The molecule has 5 saturated carbocycles. The highest BCUT2D eigenvalue weighted by molar-refractivity contribution is 5.84. The van der Waals surface area contributed by atoms with E-state index in [4.69, 9.17) is 10.5 Å². The van der Waals surface area contributed by atoms with Crippen LogP contribution in [0.25, 0.3) is 0 Å². The van der Waals surface area contributed by atoms with Gasteiger partial charge in [-0.1, -0.05) is 13.8 Å². The van der Waals surface area contributed by atoms with E-state index in [0.717, 1.165) is 44.9 Å². The highest BCUT2D eigenvalue weighted by atomic mass is 16.6. The fourth-order valence-electron chi connectivity index (χ4n) is 8.40. The van der Waals surface area contributed by atoms with Crippen molar-refractivity contribution in [2.24, 2.45) is 34.8 Å². The molecule has 4 bridgehead atoms. The van der Waals surface area contributed by atoms with Crippen LogP contribution >= 0.6 is 0 Å². The smallest absolute Gasteiger partial charge is 0.324 e. The first kappa shape index (κ1) is 22.2. The molecule has 6 aliphatic rings. The standard InChI is InChI=1S/C25H38N4O3/c1-14(2)20(28(3)4)23(31)32-25-10-15-5-16(11-25)9-24(8-15,13-25)21(27)22(30)29-18(12-26)6-17-7-19(17)29/h14-21H,5-11,13,27H2,1-4H3/t15-,16?,17?,18-,19?,20-,21+,24?,25?/m0/s1. The summed E-state index contributed by atoms with van der Waals surface area (Å²) >= 11 is 0.